The van der Waals surface area contributed by atoms with Gasteiger partial charge in [-0.3, -0.25) is 4.99 Å². The highest BCUT2D eigenvalue weighted by atomic mass is 127. The average molecular weight is 459 g/mol. The fraction of sp³-hybridized carbons (Fsp3) is 0.789. The van der Waals surface area contributed by atoms with Crippen molar-refractivity contribution in [3.63, 3.8) is 0 Å². The molecule has 5 nitrogen and oxygen atoms in total. The second-order valence-electron chi connectivity index (χ2n) is 7.57. The highest BCUT2D eigenvalue weighted by Gasteiger charge is 2.36. The summed E-state index contributed by atoms with van der Waals surface area (Å²) in [5.41, 5.74) is 0.559. The number of hydrogen-bond acceptors (Lipinski definition) is 2. The number of guanidine groups is 1. The van der Waals surface area contributed by atoms with Crippen LogP contribution in [-0.2, 0) is 6.54 Å². The summed E-state index contributed by atoms with van der Waals surface area (Å²) in [6, 6.07) is 0. The van der Waals surface area contributed by atoms with Crippen molar-refractivity contribution < 1.29 is 0 Å². The van der Waals surface area contributed by atoms with Gasteiger partial charge in [0.2, 0.25) is 0 Å². The van der Waals surface area contributed by atoms with E-state index < -0.39 is 0 Å². The standard InChI is InChI=1S/C19H33N5.HI/c1-20-18(22-11-7-13-23-15-12-21-17-23)24-14-6-10-19(16-24)8-4-2-3-5-9-19;/h12,15,17H,2-11,13-14,16H2,1H3,(H,20,22);1H. The van der Waals surface area contributed by atoms with Gasteiger partial charge in [0.1, 0.15) is 0 Å². The third kappa shape index (κ3) is 5.86. The third-order valence-corrected chi connectivity index (χ3v) is 5.77. The molecule has 1 aliphatic heterocycles. The Morgan fingerprint density at radius 2 is 1.92 bits per heavy atom. The molecule has 1 spiro atoms. The van der Waals surface area contributed by atoms with Crippen LogP contribution in [0.5, 0.6) is 0 Å². The largest absolute Gasteiger partial charge is 0.356 e. The molecular weight excluding hydrogens is 425 g/mol. The third-order valence-electron chi connectivity index (χ3n) is 5.77. The molecule has 0 radical (unpaired) electrons. The topological polar surface area (TPSA) is 45.5 Å². The van der Waals surface area contributed by atoms with Crippen LogP contribution < -0.4 is 5.32 Å². The Bertz CT molecular complexity index is 506. The first-order chi connectivity index (χ1) is 11.8. The second kappa shape index (κ2) is 10.4. The van der Waals surface area contributed by atoms with Crippen LogP contribution in [0, 0.1) is 5.41 Å². The summed E-state index contributed by atoms with van der Waals surface area (Å²) in [7, 11) is 1.92. The Morgan fingerprint density at radius 3 is 2.60 bits per heavy atom. The average Bonchev–Trinajstić information content (AvgIpc) is 3.02. The minimum absolute atomic E-state index is 0. The van der Waals surface area contributed by atoms with Gasteiger partial charge >= 0.3 is 0 Å². The lowest BCUT2D eigenvalue weighted by Gasteiger charge is -2.44. The van der Waals surface area contributed by atoms with Crippen LogP contribution in [-0.4, -0.2) is 47.1 Å². The van der Waals surface area contributed by atoms with Crippen LogP contribution in [0.15, 0.2) is 23.7 Å². The molecule has 1 aromatic rings. The molecule has 25 heavy (non-hydrogen) atoms. The number of aliphatic imine (C=N–C) groups is 1. The first kappa shape index (κ1) is 20.5. The van der Waals surface area contributed by atoms with Crippen molar-refractivity contribution in [3.05, 3.63) is 18.7 Å². The van der Waals surface area contributed by atoms with E-state index in [1.165, 1.54) is 57.9 Å². The van der Waals surface area contributed by atoms with Gasteiger partial charge < -0.3 is 14.8 Å². The summed E-state index contributed by atoms with van der Waals surface area (Å²) in [4.78, 5) is 11.2. The van der Waals surface area contributed by atoms with E-state index in [2.05, 4.69) is 24.8 Å². The minimum atomic E-state index is 0. The number of hydrogen-bond donors (Lipinski definition) is 1. The Balaban J connectivity index is 0.00000225. The number of halogens is 1. The van der Waals surface area contributed by atoms with E-state index in [0.717, 1.165) is 32.0 Å². The second-order valence-corrected chi connectivity index (χ2v) is 7.57. The molecule has 6 heteroatoms. The molecule has 0 atom stereocenters. The van der Waals surface area contributed by atoms with E-state index in [-0.39, 0.29) is 24.0 Å². The molecule has 1 saturated carbocycles. The van der Waals surface area contributed by atoms with Crippen molar-refractivity contribution in [3.8, 4) is 0 Å². The number of piperidine rings is 1. The summed E-state index contributed by atoms with van der Waals surface area (Å²) in [5.74, 6) is 1.10. The molecule has 0 aromatic carbocycles. The lowest BCUT2D eigenvalue weighted by atomic mass is 9.74. The fourth-order valence-corrected chi connectivity index (χ4v) is 4.49. The number of imidazole rings is 1. The van der Waals surface area contributed by atoms with Crippen LogP contribution >= 0.6 is 24.0 Å². The van der Waals surface area contributed by atoms with Crippen molar-refractivity contribution in [2.45, 2.75) is 64.3 Å². The van der Waals surface area contributed by atoms with Gasteiger partial charge in [0.15, 0.2) is 5.96 Å². The molecular formula is C19H34IN5. The zero-order valence-corrected chi connectivity index (χ0v) is 18.0. The van der Waals surface area contributed by atoms with Crippen LogP contribution in [0.4, 0.5) is 0 Å². The van der Waals surface area contributed by atoms with Gasteiger partial charge in [0.05, 0.1) is 6.33 Å². The maximum Gasteiger partial charge on any atom is 0.193 e. The Kier molecular flexibility index (Phi) is 8.52. The van der Waals surface area contributed by atoms with E-state index in [4.69, 9.17) is 0 Å². The molecule has 1 N–H and O–H groups in total. The van der Waals surface area contributed by atoms with Gasteiger partial charge in [-0.25, -0.2) is 4.98 Å². The maximum absolute atomic E-state index is 4.56. The lowest BCUT2D eigenvalue weighted by molar-refractivity contribution is 0.115. The zero-order chi connectivity index (χ0) is 16.7. The molecule has 1 aliphatic carbocycles. The summed E-state index contributed by atoms with van der Waals surface area (Å²) in [6.45, 7) is 4.33. The summed E-state index contributed by atoms with van der Waals surface area (Å²) in [5, 5.41) is 3.58. The predicted molar refractivity (Wildman–Crippen MR) is 115 cm³/mol. The number of nitrogens with one attached hydrogen (secondary N) is 1. The highest BCUT2D eigenvalue weighted by Crippen LogP contribution is 2.42. The SMILES string of the molecule is CN=C(NCCCn1ccnc1)N1CCCC2(CCCCCC2)C1.I. The first-order valence-electron chi connectivity index (χ1n) is 9.73. The molecule has 3 rings (SSSR count). The number of rotatable bonds is 4. The molecule has 0 amide bonds. The molecule has 0 unspecified atom stereocenters. The zero-order valence-electron chi connectivity index (χ0n) is 15.6. The van der Waals surface area contributed by atoms with Crippen LogP contribution in [0.25, 0.3) is 0 Å². The Morgan fingerprint density at radius 1 is 1.16 bits per heavy atom. The summed E-state index contributed by atoms with van der Waals surface area (Å²) in [6.07, 6.45) is 18.1. The van der Waals surface area contributed by atoms with Crippen molar-refractivity contribution in [1.29, 1.82) is 0 Å². The molecule has 2 heterocycles. The lowest BCUT2D eigenvalue weighted by Crippen LogP contribution is -2.50. The smallest absolute Gasteiger partial charge is 0.193 e. The van der Waals surface area contributed by atoms with Crippen LogP contribution in [0.2, 0.25) is 0 Å². The molecule has 142 valence electrons. The van der Waals surface area contributed by atoms with E-state index in [1.54, 1.807) is 0 Å². The maximum atomic E-state index is 4.56. The quantitative estimate of drug-likeness (QED) is 0.322. The van der Waals surface area contributed by atoms with E-state index in [1.807, 2.05) is 25.8 Å². The summed E-state index contributed by atoms with van der Waals surface area (Å²) < 4.78 is 2.13. The predicted octanol–water partition coefficient (Wildman–Crippen LogP) is 3.90. The number of likely N-dealkylation sites (tertiary alicyclic amines) is 1. The van der Waals surface area contributed by atoms with Crippen molar-refractivity contribution in [1.82, 2.24) is 19.8 Å². The van der Waals surface area contributed by atoms with Gasteiger partial charge in [-0.1, -0.05) is 25.7 Å². The van der Waals surface area contributed by atoms with Gasteiger partial charge in [-0.05, 0) is 37.5 Å². The molecule has 1 saturated heterocycles. The van der Waals surface area contributed by atoms with E-state index in [0.29, 0.717) is 5.41 Å². The van der Waals surface area contributed by atoms with Crippen molar-refractivity contribution >= 4 is 29.9 Å². The van der Waals surface area contributed by atoms with Crippen LogP contribution in [0.1, 0.15) is 57.8 Å². The molecule has 2 fully saturated rings. The normalized spacial score (nSPS) is 20.8. The molecule has 0 bridgehead atoms. The number of aryl methyl sites for hydroxylation is 1. The number of nitrogens with zero attached hydrogens (tertiary/aromatic N) is 4. The molecule has 1 aromatic heterocycles. The van der Waals surface area contributed by atoms with E-state index in [9.17, 15) is 0 Å². The fourth-order valence-electron chi connectivity index (χ4n) is 4.49. The van der Waals surface area contributed by atoms with E-state index >= 15 is 0 Å². The van der Waals surface area contributed by atoms with Crippen LogP contribution in [0.3, 0.4) is 0 Å². The monoisotopic (exact) mass is 459 g/mol. The van der Waals surface area contributed by atoms with Crippen molar-refractivity contribution in [2.75, 3.05) is 26.7 Å². The Labute approximate surface area is 169 Å². The molecule has 2 aliphatic rings. The van der Waals surface area contributed by atoms with Gasteiger partial charge in [0.25, 0.3) is 0 Å². The van der Waals surface area contributed by atoms with Crippen molar-refractivity contribution in [2.24, 2.45) is 10.4 Å². The highest BCUT2D eigenvalue weighted by molar-refractivity contribution is 14.0. The Hall–Kier alpha value is -0.790. The first-order valence-corrected chi connectivity index (χ1v) is 9.73. The van der Waals surface area contributed by atoms with Gasteiger partial charge in [-0.15, -0.1) is 24.0 Å². The minimum Gasteiger partial charge on any atom is -0.356 e. The van der Waals surface area contributed by atoms with Gasteiger partial charge in [-0.2, -0.15) is 0 Å². The van der Waals surface area contributed by atoms with Gasteiger partial charge in [0, 0.05) is 45.6 Å². The summed E-state index contributed by atoms with van der Waals surface area (Å²) >= 11 is 0. The number of aromatic nitrogens is 2.